The zero-order valence-corrected chi connectivity index (χ0v) is 20.7. The third-order valence-electron chi connectivity index (χ3n) is 5.85. The molecular weight excluding hydrogens is 450 g/mol. The Morgan fingerprint density at radius 1 is 1.00 bits per heavy atom. The summed E-state index contributed by atoms with van der Waals surface area (Å²) in [5.74, 6) is 1.92. The van der Waals surface area contributed by atoms with Gasteiger partial charge in [0.05, 0.1) is 26.3 Å². The lowest BCUT2D eigenvalue weighted by Crippen LogP contribution is -2.17. The Morgan fingerprint density at radius 2 is 1.69 bits per heavy atom. The minimum Gasteiger partial charge on any atom is -0.497 e. The molecule has 1 heterocycles. The summed E-state index contributed by atoms with van der Waals surface area (Å²) in [5.41, 5.74) is 4.57. The number of benzene rings is 2. The minimum absolute atomic E-state index is 0.280. The van der Waals surface area contributed by atoms with Gasteiger partial charge >= 0.3 is 0 Å². The molecule has 0 saturated heterocycles. The topological polar surface area (TPSA) is 123 Å². The summed E-state index contributed by atoms with van der Waals surface area (Å²) in [5, 5.41) is 8.87. The summed E-state index contributed by atoms with van der Waals surface area (Å²) in [4.78, 5) is 31.4. The van der Waals surface area contributed by atoms with Crippen LogP contribution in [0.15, 0.2) is 29.1 Å². The van der Waals surface area contributed by atoms with E-state index in [0.717, 1.165) is 54.5 Å². The summed E-state index contributed by atoms with van der Waals surface area (Å²) >= 11 is 0. The van der Waals surface area contributed by atoms with E-state index in [9.17, 15) is 9.59 Å². The van der Waals surface area contributed by atoms with E-state index in [0.29, 0.717) is 41.3 Å². The van der Waals surface area contributed by atoms with Crippen molar-refractivity contribution in [1.82, 2.24) is 15.4 Å². The summed E-state index contributed by atoms with van der Waals surface area (Å²) < 4.78 is 16.7. The highest BCUT2D eigenvalue weighted by Crippen LogP contribution is 2.31. The average molecular weight is 484 g/mol. The predicted octanol–water partition coefficient (Wildman–Crippen LogP) is 4.45. The number of ether oxygens (including phenoxy) is 3. The summed E-state index contributed by atoms with van der Waals surface area (Å²) in [7, 11) is 3.06. The number of rotatable bonds is 12. The van der Waals surface area contributed by atoms with Gasteiger partial charge in [0.2, 0.25) is 5.91 Å². The number of hydroxylamine groups is 1. The molecule has 0 fully saturated rings. The van der Waals surface area contributed by atoms with Crippen molar-refractivity contribution in [3.8, 4) is 28.6 Å². The van der Waals surface area contributed by atoms with Gasteiger partial charge in [0.15, 0.2) is 0 Å². The molecule has 188 valence electrons. The molecule has 0 aliphatic rings. The fourth-order valence-corrected chi connectivity index (χ4v) is 4.09. The molecule has 0 unspecified atom stereocenters. The second-order valence-corrected chi connectivity index (χ2v) is 8.48. The van der Waals surface area contributed by atoms with E-state index < -0.39 is 0 Å². The van der Waals surface area contributed by atoms with Gasteiger partial charge < -0.3 is 19.2 Å². The Hall–Kier alpha value is -3.59. The molecule has 0 spiro atoms. The first-order chi connectivity index (χ1) is 16.9. The lowest BCUT2D eigenvalue weighted by atomic mass is 10.0. The van der Waals surface area contributed by atoms with E-state index in [-0.39, 0.29) is 11.5 Å². The second kappa shape index (κ2) is 12.2. The fourth-order valence-electron chi connectivity index (χ4n) is 4.09. The number of hydrogen-bond donors (Lipinski definition) is 3. The number of carbonyl (C=O) groups excluding carboxylic acids is 1. The van der Waals surface area contributed by atoms with Crippen LogP contribution in [-0.4, -0.2) is 41.9 Å². The largest absolute Gasteiger partial charge is 0.497 e. The van der Waals surface area contributed by atoms with E-state index in [4.69, 9.17) is 19.4 Å². The molecule has 0 aliphatic carbocycles. The smallest absolute Gasteiger partial charge is 0.262 e. The maximum atomic E-state index is 12.8. The van der Waals surface area contributed by atoms with Crippen LogP contribution in [-0.2, 0) is 4.79 Å². The molecule has 3 N–H and O–H groups in total. The van der Waals surface area contributed by atoms with Crippen LogP contribution in [0.4, 0.5) is 0 Å². The summed E-state index contributed by atoms with van der Waals surface area (Å²) in [6.07, 6.45) is 4.97. The molecule has 0 aliphatic heterocycles. The number of fused-ring (bicyclic) bond motifs is 1. The Bertz CT molecular complexity index is 1210. The number of aryl methyl sites for hydroxylation is 2. The first-order valence-corrected chi connectivity index (χ1v) is 11.7. The van der Waals surface area contributed by atoms with Crippen LogP contribution in [0.2, 0.25) is 0 Å². The van der Waals surface area contributed by atoms with Crippen LogP contribution in [0.25, 0.3) is 22.3 Å². The molecule has 0 radical (unpaired) electrons. The van der Waals surface area contributed by atoms with E-state index in [1.807, 2.05) is 26.0 Å². The molecule has 9 heteroatoms. The highest BCUT2D eigenvalue weighted by molar-refractivity contribution is 5.87. The van der Waals surface area contributed by atoms with Gasteiger partial charge in [-0.05, 0) is 49.9 Å². The molecule has 3 rings (SSSR count). The normalized spacial score (nSPS) is 10.9. The lowest BCUT2D eigenvalue weighted by molar-refractivity contribution is -0.129. The Balaban J connectivity index is 1.68. The predicted molar refractivity (Wildman–Crippen MR) is 134 cm³/mol. The van der Waals surface area contributed by atoms with E-state index in [2.05, 4.69) is 9.97 Å². The summed E-state index contributed by atoms with van der Waals surface area (Å²) in [6, 6.07) is 7.29. The molecular formula is C26H33N3O6. The molecule has 0 atom stereocenters. The van der Waals surface area contributed by atoms with Gasteiger partial charge in [0, 0.05) is 24.1 Å². The summed E-state index contributed by atoms with van der Waals surface area (Å²) in [6.45, 7) is 4.55. The average Bonchev–Trinajstić information content (AvgIpc) is 2.85. The van der Waals surface area contributed by atoms with Crippen molar-refractivity contribution < 1.29 is 24.2 Å². The molecule has 3 aromatic rings. The van der Waals surface area contributed by atoms with Crippen molar-refractivity contribution in [2.24, 2.45) is 0 Å². The quantitative estimate of drug-likeness (QED) is 0.198. The van der Waals surface area contributed by atoms with Crippen LogP contribution in [0, 0.1) is 13.8 Å². The second-order valence-electron chi connectivity index (χ2n) is 8.48. The Labute approximate surface area is 204 Å². The third kappa shape index (κ3) is 6.51. The van der Waals surface area contributed by atoms with E-state index in [1.165, 1.54) is 7.11 Å². The molecule has 0 saturated carbocycles. The lowest BCUT2D eigenvalue weighted by Gasteiger charge is -2.14. The highest BCUT2D eigenvalue weighted by atomic mass is 16.5. The van der Waals surface area contributed by atoms with Gasteiger partial charge in [0.25, 0.3) is 5.56 Å². The number of hydrogen-bond acceptors (Lipinski definition) is 7. The van der Waals surface area contributed by atoms with Crippen molar-refractivity contribution in [3.63, 3.8) is 0 Å². The number of methoxy groups -OCH3 is 2. The molecule has 0 bridgehead atoms. The van der Waals surface area contributed by atoms with Gasteiger partial charge in [0.1, 0.15) is 28.5 Å². The maximum Gasteiger partial charge on any atom is 0.262 e. The molecule has 1 aromatic heterocycles. The third-order valence-corrected chi connectivity index (χ3v) is 5.85. The SMILES string of the molecule is COc1cc(OC)c2c(=O)[nH]c(-c3cc(C)c(OCCCCCCCC(=O)NO)c(C)c3)nc2c1. The monoisotopic (exact) mass is 483 g/mol. The van der Waals surface area contributed by atoms with Gasteiger partial charge in [-0.1, -0.05) is 19.3 Å². The number of aromatic amines is 1. The number of unbranched alkanes of at least 4 members (excludes halogenated alkanes) is 4. The van der Waals surface area contributed by atoms with Crippen molar-refractivity contribution in [1.29, 1.82) is 0 Å². The number of nitrogens with zero attached hydrogens (tertiary/aromatic N) is 1. The number of nitrogens with one attached hydrogen (secondary N) is 2. The van der Waals surface area contributed by atoms with Crippen molar-refractivity contribution in [2.45, 2.75) is 52.4 Å². The zero-order chi connectivity index (χ0) is 25.4. The Morgan fingerprint density at radius 3 is 2.34 bits per heavy atom. The van der Waals surface area contributed by atoms with Crippen molar-refractivity contribution in [2.75, 3.05) is 20.8 Å². The molecule has 2 aromatic carbocycles. The molecule has 35 heavy (non-hydrogen) atoms. The minimum atomic E-state index is -0.342. The number of aromatic nitrogens is 2. The number of carbonyl (C=O) groups is 1. The van der Waals surface area contributed by atoms with Crippen LogP contribution < -0.4 is 25.2 Å². The van der Waals surface area contributed by atoms with Crippen LogP contribution >= 0.6 is 0 Å². The first kappa shape index (κ1) is 26.0. The van der Waals surface area contributed by atoms with E-state index in [1.54, 1.807) is 24.7 Å². The van der Waals surface area contributed by atoms with Crippen molar-refractivity contribution in [3.05, 3.63) is 45.7 Å². The standard InChI is InChI=1S/C26H33N3O6/c1-16-12-18(13-17(2)24(16)35-11-9-7-5-6-8-10-22(30)29-32)25-27-20-14-19(33-3)15-21(34-4)23(20)26(31)28-25/h12-15,32H,5-11H2,1-4H3,(H,29,30)(H,27,28,31). The first-order valence-electron chi connectivity index (χ1n) is 11.7. The van der Waals surface area contributed by atoms with Crippen LogP contribution in [0.5, 0.6) is 17.2 Å². The van der Waals surface area contributed by atoms with Gasteiger partial charge in [-0.15, -0.1) is 0 Å². The van der Waals surface area contributed by atoms with Gasteiger partial charge in [-0.2, -0.15) is 0 Å². The van der Waals surface area contributed by atoms with Gasteiger partial charge in [-0.3, -0.25) is 14.8 Å². The zero-order valence-electron chi connectivity index (χ0n) is 20.7. The van der Waals surface area contributed by atoms with Crippen LogP contribution in [0.3, 0.4) is 0 Å². The van der Waals surface area contributed by atoms with Crippen molar-refractivity contribution >= 4 is 16.8 Å². The fraction of sp³-hybridized carbons (Fsp3) is 0.423. The van der Waals surface area contributed by atoms with Gasteiger partial charge in [-0.25, -0.2) is 10.5 Å². The van der Waals surface area contributed by atoms with Crippen LogP contribution in [0.1, 0.15) is 49.7 Å². The number of H-pyrrole nitrogens is 1. The highest BCUT2D eigenvalue weighted by Gasteiger charge is 2.15. The maximum absolute atomic E-state index is 12.8. The number of amides is 1. The molecule has 9 nitrogen and oxygen atoms in total. The van der Waals surface area contributed by atoms with E-state index >= 15 is 0 Å². The Kier molecular flexibility index (Phi) is 9.08. The molecule has 1 amide bonds.